The van der Waals surface area contributed by atoms with Crippen LogP contribution in [0.4, 0.5) is 5.69 Å². The van der Waals surface area contributed by atoms with E-state index in [-0.39, 0.29) is 10.7 Å². The van der Waals surface area contributed by atoms with Gasteiger partial charge in [-0.3, -0.25) is 21.0 Å². The lowest BCUT2D eigenvalue weighted by molar-refractivity contribution is 0.0975. The number of rotatable bonds is 3. The standard InChI is InChI=1S/C21H20ClN5O2S2/c1-11-7-6-8-12(2)17(11)23-20(30)25-26-21(31)24-19(28)16-13(3)29-27-18(16)14-9-4-5-10-15(14)22/h4-10H,1-3H3,(H2,23,25,30)(H2,24,26,28,31). The Morgan fingerprint density at radius 2 is 1.61 bits per heavy atom. The van der Waals surface area contributed by atoms with Gasteiger partial charge in [-0.15, -0.1) is 0 Å². The first-order chi connectivity index (χ1) is 14.8. The zero-order chi connectivity index (χ0) is 22.5. The normalized spacial score (nSPS) is 10.3. The molecule has 10 heteroatoms. The van der Waals surface area contributed by atoms with E-state index in [1.165, 1.54) is 0 Å². The van der Waals surface area contributed by atoms with Crippen LogP contribution in [0.15, 0.2) is 47.0 Å². The van der Waals surface area contributed by atoms with Gasteiger partial charge in [-0.1, -0.05) is 53.2 Å². The van der Waals surface area contributed by atoms with E-state index in [1.54, 1.807) is 31.2 Å². The van der Waals surface area contributed by atoms with E-state index in [0.29, 0.717) is 27.2 Å². The lowest BCUT2D eigenvalue weighted by atomic mass is 10.1. The first-order valence-corrected chi connectivity index (χ1v) is 10.4. The van der Waals surface area contributed by atoms with Crippen LogP contribution in [0, 0.1) is 20.8 Å². The van der Waals surface area contributed by atoms with Crippen LogP contribution in [0.5, 0.6) is 0 Å². The number of halogens is 1. The third-order valence-electron chi connectivity index (χ3n) is 4.46. The number of nitrogens with one attached hydrogen (secondary N) is 4. The molecule has 0 fully saturated rings. The molecule has 3 rings (SSSR count). The fourth-order valence-corrected chi connectivity index (χ4v) is 3.47. The number of anilines is 1. The average molecular weight is 474 g/mol. The van der Waals surface area contributed by atoms with E-state index in [2.05, 4.69) is 26.6 Å². The molecule has 1 aromatic heterocycles. The predicted octanol–water partition coefficient (Wildman–Crippen LogP) is 4.43. The molecule has 160 valence electrons. The van der Waals surface area contributed by atoms with Crippen molar-refractivity contribution >= 4 is 57.9 Å². The van der Waals surface area contributed by atoms with Gasteiger partial charge < -0.3 is 9.84 Å². The Hall–Kier alpha value is -3.01. The van der Waals surface area contributed by atoms with E-state index in [1.807, 2.05) is 32.0 Å². The molecule has 0 spiro atoms. The second-order valence-electron chi connectivity index (χ2n) is 6.70. The third-order valence-corrected chi connectivity index (χ3v) is 5.19. The number of hydrazine groups is 1. The van der Waals surface area contributed by atoms with Crippen molar-refractivity contribution in [3.63, 3.8) is 0 Å². The summed E-state index contributed by atoms with van der Waals surface area (Å²) >= 11 is 16.7. The molecule has 2 aromatic carbocycles. The van der Waals surface area contributed by atoms with Gasteiger partial charge in [0.05, 0.1) is 5.02 Å². The van der Waals surface area contributed by atoms with Crippen LogP contribution in [0.3, 0.4) is 0 Å². The maximum Gasteiger partial charge on any atom is 0.263 e. The Labute approximate surface area is 195 Å². The zero-order valence-electron chi connectivity index (χ0n) is 17.0. The van der Waals surface area contributed by atoms with Crippen LogP contribution in [0.1, 0.15) is 27.2 Å². The maximum atomic E-state index is 12.8. The summed E-state index contributed by atoms with van der Waals surface area (Å²) in [5.41, 5.74) is 9.63. The zero-order valence-corrected chi connectivity index (χ0v) is 19.4. The number of hydrogen-bond acceptors (Lipinski definition) is 5. The molecule has 1 heterocycles. The molecule has 4 N–H and O–H groups in total. The molecule has 1 amide bonds. The summed E-state index contributed by atoms with van der Waals surface area (Å²) in [5.74, 6) is -0.142. The first kappa shape index (κ1) is 22.7. The van der Waals surface area contributed by atoms with Gasteiger partial charge in [0, 0.05) is 11.3 Å². The number of amides is 1. The molecular weight excluding hydrogens is 454 g/mol. The van der Waals surface area contributed by atoms with Gasteiger partial charge in [0.2, 0.25) is 0 Å². The second kappa shape index (κ2) is 9.86. The van der Waals surface area contributed by atoms with Crippen molar-refractivity contribution in [2.75, 3.05) is 5.32 Å². The van der Waals surface area contributed by atoms with Gasteiger partial charge in [0.1, 0.15) is 17.0 Å². The number of carbonyl (C=O) groups is 1. The van der Waals surface area contributed by atoms with Crippen molar-refractivity contribution < 1.29 is 9.32 Å². The van der Waals surface area contributed by atoms with E-state index < -0.39 is 5.91 Å². The van der Waals surface area contributed by atoms with Crippen molar-refractivity contribution in [3.8, 4) is 11.3 Å². The highest BCUT2D eigenvalue weighted by atomic mass is 35.5. The average Bonchev–Trinajstić information content (AvgIpc) is 3.11. The van der Waals surface area contributed by atoms with Gasteiger partial charge in [0.15, 0.2) is 10.2 Å². The summed E-state index contributed by atoms with van der Waals surface area (Å²) < 4.78 is 5.22. The lowest BCUT2D eigenvalue weighted by Crippen LogP contribution is -2.49. The highest BCUT2D eigenvalue weighted by Crippen LogP contribution is 2.30. The minimum atomic E-state index is -0.485. The maximum absolute atomic E-state index is 12.8. The molecular formula is C21H20ClN5O2S2. The topological polar surface area (TPSA) is 91.2 Å². The summed E-state index contributed by atoms with van der Waals surface area (Å²) in [6, 6.07) is 13.0. The molecule has 0 radical (unpaired) electrons. The SMILES string of the molecule is Cc1cccc(C)c1NC(=S)NNC(=S)NC(=O)c1c(-c2ccccc2Cl)noc1C. The van der Waals surface area contributed by atoms with Crippen molar-refractivity contribution in [3.05, 3.63) is 69.9 Å². The number of thiocarbonyl (C=S) groups is 2. The molecule has 31 heavy (non-hydrogen) atoms. The van der Waals surface area contributed by atoms with E-state index >= 15 is 0 Å². The molecule has 0 aliphatic carbocycles. The molecule has 0 saturated heterocycles. The lowest BCUT2D eigenvalue weighted by Gasteiger charge is -2.16. The van der Waals surface area contributed by atoms with Crippen LogP contribution < -0.4 is 21.5 Å². The van der Waals surface area contributed by atoms with Gasteiger partial charge in [-0.05, 0) is 62.4 Å². The summed E-state index contributed by atoms with van der Waals surface area (Å²) in [6.45, 7) is 5.60. The fraction of sp³-hybridized carbons (Fsp3) is 0.143. The number of para-hydroxylation sites is 1. The van der Waals surface area contributed by atoms with Crippen molar-refractivity contribution in [2.24, 2.45) is 0 Å². The third kappa shape index (κ3) is 5.38. The molecule has 0 bridgehead atoms. The Bertz CT molecular complexity index is 1140. The van der Waals surface area contributed by atoms with Gasteiger partial charge in [-0.25, -0.2) is 0 Å². The molecule has 0 atom stereocenters. The number of hydrogen-bond donors (Lipinski definition) is 4. The number of aromatic nitrogens is 1. The van der Waals surface area contributed by atoms with Crippen LogP contribution in [0.2, 0.25) is 5.02 Å². The van der Waals surface area contributed by atoms with E-state index in [9.17, 15) is 4.79 Å². The predicted molar refractivity (Wildman–Crippen MR) is 130 cm³/mol. The van der Waals surface area contributed by atoms with Crippen molar-refractivity contribution in [1.29, 1.82) is 0 Å². The second-order valence-corrected chi connectivity index (χ2v) is 7.92. The molecule has 7 nitrogen and oxygen atoms in total. The first-order valence-electron chi connectivity index (χ1n) is 9.23. The monoisotopic (exact) mass is 473 g/mol. The summed E-state index contributed by atoms with van der Waals surface area (Å²) in [4.78, 5) is 12.8. The van der Waals surface area contributed by atoms with E-state index in [4.69, 9.17) is 40.6 Å². The minimum Gasteiger partial charge on any atom is -0.360 e. The fourth-order valence-electron chi connectivity index (χ4n) is 2.94. The molecule has 0 saturated carbocycles. The number of carbonyl (C=O) groups excluding carboxylic acids is 1. The number of aryl methyl sites for hydroxylation is 3. The van der Waals surface area contributed by atoms with Crippen LogP contribution in [-0.2, 0) is 0 Å². The smallest absolute Gasteiger partial charge is 0.263 e. The number of benzene rings is 2. The van der Waals surface area contributed by atoms with Crippen LogP contribution in [-0.4, -0.2) is 21.3 Å². The van der Waals surface area contributed by atoms with Crippen LogP contribution >= 0.6 is 36.0 Å². The van der Waals surface area contributed by atoms with Crippen molar-refractivity contribution in [2.45, 2.75) is 20.8 Å². The number of nitrogens with zero attached hydrogens (tertiary/aromatic N) is 1. The molecule has 0 unspecified atom stereocenters. The Kier molecular flexibility index (Phi) is 7.21. The van der Waals surface area contributed by atoms with Gasteiger partial charge >= 0.3 is 0 Å². The Morgan fingerprint density at radius 3 is 2.29 bits per heavy atom. The molecule has 3 aromatic rings. The molecule has 0 aliphatic rings. The summed E-state index contributed by atoms with van der Waals surface area (Å²) in [6.07, 6.45) is 0. The van der Waals surface area contributed by atoms with Crippen LogP contribution in [0.25, 0.3) is 11.3 Å². The highest BCUT2D eigenvalue weighted by Gasteiger charge is 2.23. The van der Waals surface area contributed by atoms with Crippen molar-refractivity contribution in [1.82, 2.24) is 21.3 Å². The Morgan fingerprint density at radius 1 is 0.968 bits per heavy atom. The van der Waals surface area contributed by atoms with Gasteiger partial charge in [-0.2, -0.15) is 0 Å². The van der Waals surface area contributed by atoms with E-state index in [0.717, 1.165) is 16.8 Å². The summed E-state index contributed by atoms with van der Waals surface area (Å²) in [5, 5.41) is 10.5. The summed E-state index contributed by atoms with van der Waals surface area (Å²) in [7, 11) is 0. The van der Waals surface area contributed by atoms with Gasteiger partial charge in [0.25, 0.3) is 5.91 Å². The molecule has 0 aliphatic heterocycles. The quantitative estimate of drug-likeness (QED) is 0.328. The minimum absolute atomic E-state index is 0.0290. The Balaban J connectivity index is 1.63. The largest absolute Gasteiger partial charge is 0.360 e. The highest BCUT2D eigenvalue weighted by molar-refractivity contribution is 7.80.